The number of hydrogen-bond acceptors (Lipinski definition) is 3. The van der Waals surface area contributed by atoms with Crippen molar-refractivity contribution >= 4 is 17.2 Å². The highest BCUT2D eigenvalue weighted by atomic mass is 32.1. The van der Waals surface area contributed by atoms with Gasteiger partial charge in [0.25, 0.3) is 0 Å². The fraction of sp³-hybridized carbons (Fsp3) is 0.308. The second-order valence-electron chi connectivity index (χ2n) is 4.34. The fourth-order valence-electron chi connectivity index (χ4n) is 1.56. The third kappa shape index (κ3) is 2.82. The van der Waals surface area contributed by atoms with Crippen LogP contribution in [-0.2, 0) is 6.42 Å². The van der Waals surface area contributed by atoms with Crippen LogP contribution < -0.4 is 5.73 Å². The maximum absolute atomic E-state index is 13.7. The Kier molecular flexibility index (Phi) is 3.43. The molecule has 0 fully saturated rings. The molecule has 0 saturated heterocycles. The first-order chi connectivity index (χ1) is 8.06. The van der Waals surface area contributed by atoms with E-state index in [0.717, 1.165) is 15.3 Å². The summed E-state index contributed by atoms with van der Waals surface area (Å²) in [5.41, 5.74) is 6.49. The molecule has 2 aromatic heterocycles. The summed E-state index contributed by atoms with van der Waals surface area (Å²) in [6.07, 6.45) is 2.28. The van der Waals surface area contributed by atoms with E-state index in [9.17, 15) is 4.39 Å². The zero-order valence-corrected chi connectivity index (χ0v) is 10.7. The molecule has 0 amide bonds. The maximum Gasteiger partial charge on any atom is 0.137 e. The smallest absolute Gasteiger partial charge is 0.137 e. The van der Waals surface area contributed by atoms with Crippen molar-refractivity contribution < 1.29 is 4.39 Å². The van der Waals surface area contributed by atoms with Crippen molar-refractivity contribution in [3.8, 4) is 0 Å². The summed E-state index contributed by atoms with van der Waals surface area (Å²) < 4.78 is 13.7. The van der Waals surface area contributed by atoms with Crippen LogP contribution in [0.15, 0.2) is 24.4 Å². The van der Waals surface area contributed by atoms with Crippen molar-refractivity contribution in [2.24, 2.45) is 0 Å². The first-order valence-electron chi connectivity index (χ1n) is 5.54. The van der Waals surface area contributed by atoms with Crippen LogP contribution in [0.2, 0.25) is 0 Å². The van der Waals surface area contributed by atoms with Crippen LogP contribution in [0.1, 0.15) is 35.1 Å². The summed E-state index contributed by atoms with van der Waals surface area (Å²) in [5, 5.41) is 0. The van der Waals surface area contributed by atoms with E-state index in [4.69, 9.17) is 5.73 Å². The van der Waals surface area contributed by atoms with E-state index in [-0.39, 0.29) is 5.82 Å². The normalized spacial score (nSPS) is 11.1. The molecular formula is C13H15FN2S. The number of anilines is 1. The molecule has 0 unspecified atom stereocenters. The SMILES string of the molecule is CC(C)c1cc(F)c(Cc2ccc(N)nc2)s1. The van der Waals surface area contributed by atoms with E-state index in [1.807, 2.05) is 6.07 Å². The summed E-state index contributed by atoms with van der Waals surface area (Å²) in [7, 11) is 0. The van der Waals surface area contributed by atoms with Crippen LogP contribution in [0, 0.1) is 5.82 Å². The molecule has 17 heavy (non-hydrogen) atoms. The minimum Gasteiger partial charge on any atom is -0.384 e. The van der Waals surface area contributed by atoms with E-state index in [1.54, 1.807) is 18.3 Å². The predicted octanol–water partition coefficient (Wildman–Crippen LogP) is 3.58. The Morgan fingerprint density at radius 3 is 2.71 bits per heavy atom. The number of nitrogens with zero attached hydrogens (tertiary/aromatic N) is 1. The number of nitrogen functional groups attached to an aromatic ring is 1. The molecule has 0 atom stereocenters. The summed E-state index contributed by atoms with van der Waals surface area (Å²) >= 11 is 1.53. The Morgan fingerprint density at radius 2 is 2.18 bits per heavy atom. The Bertz CT molecular complexity index is 503. The van der Waals surface area contributed by atoms with Crippen LogP contribution in [0.5, 0.6) is 0 Å². The molecule has 2 heterocycles. The van der Waals surface area contributed by atoms with Gasteiger partial charge >= 0.3 is 0 Å². The van der Waals surface area contributed by atoms with Crippen molar-refractivity contribution in [1.29, 1.82) is 0 Å². The van der Waals surface area contributed by atoms with Gasteiger partial charge in [0.15, 0.2) is 0 Å². The standard InChI is InChI=1S/C13H15FN2S/c1-8(2)11-6-10(14)12(17-11)5-9-3-4-13(15)16-7-9/h3-4,6-8H,5H2,1-2H3,(H2,15,16). The molecule has 0 spiro atoms. The molecule has 0 aromatic carbocycles. The van der Waals surface area contributed by atoms with E-state index in [2.05, 4.69) is 18.8 Å². The van der Waals surface area contributed by atoms with Crippen LogP contribution in [0.4, 0.5) is 10.2 Å². The molecule has 2 nitrogen and oxygen atoms in total. The van der Waals surface area contributed by atoms with Crippen LogP contribution >= 0.6 is 11.3 Å². The summed E-state index contributed by atoms with van der Waals surface area (Å²) in [4.78, 5) is 5.86. The highest BCUT2D eigenvalue weighted by Crippen LogP contribution is 2.29. The van der Waals surface area contributed by atoms with Crippen molar-refractivity contribution in [3.05, 3.63) is 45.5 Å². The third-order valence-corrected chi connectivity index (χ3v) is 3.97. The first kappa shape index (κ1) is 12.0. The Balaban J connectivity index is 2.21. The van der Waals surface area contributed by atoms with Gasteiger partial charge < -0.3 is 5.73 Å². The average molecular weight is 250 g/mol. The minimum absolute atomic E-state index is 0.115. The molecule has 2 rings (SSSR count). The topological polar surface area (TPSA) is 38.9 Å². The number of aromatic nitrogens is 1. The zero-order valence-electron chi connectivity index (χ0n) is 9.90. The van der Waals surface area contributed by atoms with Crippen LogP contribution in [0.25, 0.3) is 0 Å². The molecule has 4 heteroatoms. The van der Waals surface area contributed by atoms with Gasteiger partial charge in [0, 0.05) is 22.4 Å². The lowest BCUT2D eigenvalue weighted by Crippen LogP contribution is -1.92. The summed E-state index contributed by atoms with van der Waals surface area (Å²) in [6.45, 7) is 4.14. The van der Waals surface area contributed by atoms with Crippen molar-refractivity contribution in [2.75, 3.05) is 5.73 Å². The number of nitrogens with two attached hydrogens (primary N) is 1. The number of pyridine rings is 1. The highest BCUT2D eigenvalue weighted by molar-refractivity contribution is 7.12. The summed E-state index contributed by atoms with van der Waals surface area (Å²) in [6, 6.07) is 5.26. The van der Waals surface area contributed by atoms with Gasteiger partial charge in [-0.15, -0.1) is 11.3 Å². The largest absolute Gasteiger partial charge is 0.384 e. The third-order valence-electron chi connectivity index (χ3n) is 2.56. The van der Waals surface area contributed by atoms with Gasteiger partial charge in [-0.3, -0.25) is 0 Å². The molecule has 0 aliphatic heterocycles. The molecule has 2 N–H and O–H groups in total. The van der Waals surface area contributed by atoms with Gasteiger partial charge in [0.05, 0.1) is 0 Å². The molecule has 0 aliphatic rings. The lowest BCUT2D eigenvalue weighted by molar-refractivity contribution is 0.620. The summed E-state index contributed by atoms with van der Waals surface area (Å²) in [5.74, 6) is 0.742. The molecule has 0 radical (unpaired) electrons. The monoisotopic (exact) mass is 250 g/mol. The van der Waals surface area contributed by atoms with Gasteiger partial charge in [-0.25, -0.2) is 9.37 Å². The Labute approximate surface area is 104 Å². The van der Waals surface area contributed by atoms with Gasteiger partial charge in [0.2, 0.25) is 0 Å². The van der Waals surface area contributed by atoms with E-state index in [0.29, 0.717) is 18.2 Å². The number of thiophene rings is 1. The number of rotatable bonds is 3. The van der Waals surface area contributed by atoms with Gasteiger partial charge in [-0.1, -0.05) is 19.9 Å². The van der Waals surface area contributed by atoms with Crippen LogP contribution in [0.3, 0.4) is 0 Å². The molecule has 2 aromatic rings. The Morgan fingerprint density at radius 1 is 1.41 bits per heavy atom. The fourth-order valence-corrected chi connectivity index (χ4v) is 2.63. The molecule has 90 valence electrons. The van der Waals surface area contributed by atoms with Gasteiger partial charge in [0.1, 0.15) is 11.6 Å². The average Bonchev–Trinajstić information content (AvgIpc) is 2.64. The molecule has 0 aliphatic carbocycles. The molecule has 0 bridgehead atoms. The van der Waals surface area contributed by atoms with Crippen LogP contribution in [-0.4, -0.2) is 4.98 Å². The van der Waals surface area contributed by atoms with Crippen molar-refractivity contribution in [3.63, 3.8) is 0 Å². The number of hydrogen-bond donors (Lipinski definition) is 1. The van der Waals surface area contributed by atoms with E-state index in [1.165, 1.54) is 11.3 Å². The quantitative estimate of drug-likeness (QED) is 0.904. The van der Waals surface area contributed by atoms with Crippen molar-refractivity contribution in [1.82, 2.24) is 4.98 Å². The zero-order chi connectivity index (χ0) is 12.4. The lowest BCUT2D eigenvalue weighted by atomic mass is 10.1. The second-order valence-corrected chi connectivity index (χ2v) is 5.51. The highest BCUT2D eigenvalue weighted by Gasteiger charge is 2.11. The van der Waals surface area contributed by atoms with E-state index < -0.39 is 0 Å². The first-order valence-corrected chi connectivity index (χ1v) is 6.36. The van der Waals surface area contributed by atoms with E-state index >= 15 is 0 Å². The van der Waals surface area contributed by atoms with Gasteiger partial charge in [-0.05, 0) is 23.6 Å². The Hall–Kier alpha value is -1.42. The minimum atomic E-state index is -0.115. The van der Waals surface area contributed by atoms with Crippen molar-refractivity contribution in [2.45, 2.75) is 26.2 Å². The number of halogens is 1. The second kappa shape index (κ2) is 4.84. The molecular weight excluding hydrogens is 235 g/mol. The molecule has 0 saturated carbocycles. The maximum atomic E-state index is 13.7. The van der Waals surface area contributed by atoms with Gasteiger partial charge in [-0.2, -0.15) is 0 Å². The lowest BCUT2D eigenvalue weighted by Gasteiger charge is -2.00. The predicted molar refractivity (Wildman–Crippen MR) is 69.8 cm³/mol.